The molecule has 0 atom stereocenters. The van der Waals surface area contributed by atoms with Gasteiger partial charge in [-0.1, -0.05) is 18.2 Å². The monoisotopic (exact) mass is 427 g/mol. The molecule has 6 nitrogen and oxygen atoms in total. The lowest BCUT2D eigenvalue weighted by molar-refractivity contribution is -0.119. The maximum absolute atomic E-state index is 10.9. The van der Waals surface area contributed by atoms with E-state index in [2.05, 4.69) is 33.4 Å². The van der Waals surface area contributed by atoms with Crippen LogP contribution in [-0.4, -0.2) is 19.6 Å². The van der Waals surface area contributed by atoms with Crippen LogP contribution in [0.1, 0.15) is 5.56 Å². The second-order valence-electron chi connectivity index (χ2n) is 4.71. The van der Waals surface area contributed by atoms with Crippen LogP contribution in [0.5, 0.6) is 11.5 Å². The maximum atomic E-state index is 10.9. The highest BCUT2D eigenvalue weighted by molar-refractivity contribution is 14.1. The SMILES string of the molecule is COc1cc(CNNc2ccccc2)cc(I)c1OCC(N)=O. The van der Waals surface area contributed by atoms with Crippen LogP contribution < -0.4 is 26.1 Å². The zero-order valence-electron chi connectivity index (χ0n) is 12.6. The quantitative estimate of drug-likeness (QED) is 0.445. The van der Waals surface area contributed by atoms with E-state index < -0.39 is 5.91 Å². The predicted molar refractivity (Wildman–Crippen MR) is 97.3 cm³/mol. The highest BCUT2D eigenvalue weighted by Gasteiger charge is 2.12. The van der Waals surface area contributed by atoms with Crippen LogP contribution in [0.25, 0.3) is 0 Å². The molecule has 2 aromatic carbocycles. The average molecular weight is 427 g/mol. The normalized spacial score (nSPS) is 10.2. The molecule has 7 heteroatoms. The molecule has 0 radical (unpaired) electrons. The minimum atomic E-state index is -0.527. The molecular formula is C16H18IN3O3. The number of benzene rings is 2. The molecule has 0 bridgehead atoms. The number of hydrogen-bond acceptors (Lipinski definition) is 5. The molecule has 1 amide bonds. The molecule has 2 aromatic rings. The molecule has 4 N–H and O–H groups in total. The first kappa shape index (κ1) is 17.4. The van der Waals surface area contributed by atoms with E-state index in [1.54, 1.807) is 7.11 Å². The van der Waals surface area contributed by atoms with E-state index in [0.29, 0.717) is 18.0 Å². The van der Waals surface area contributed by atoms with Gasteiger partial charge in [0.15, 0.2) is 18.1 Å². The van der Waals surface area contributed by atoms with Crippen LogP contribution in [-0.2, 0) is 11.3 Å². The first-order valence-electron chi connectivity index (χ1n) is 6.91. The average Bonchev–Trinajstić information content (AvgIpc) is 2.54. The van der Waals surface area contributed by atoms with E-state index >= 15 is 0 Å². The van der Waals surface area contributed by atoms with Gasteiger partial charge in [0.25, 0.3) is 5.91 Å². The van der Waals surface area contributed by atoms with E-state index in [0.717, 1.165) is 14.8 Å². The van der Waals surface area contributed by atoms with Gasteiger partial charge in [0.05, 0.1) is 10.7 Å². The summed E-state index contributed by atoms with van der Waals surface area (Å²) in [5.41, 5.74) is 13.4. The summed E-state index contributed by atoms with van der Waals surface area (Å²) in [7, 11) is 1.56. The molecule has 23 heavy (non-hydrogen) atoms. The van der Waals surface area contributed by atoms with Crippen molar-refractivity contribution in [3.05, 3.63) is 51.6 Å². The Labute approximate surface area is 148 Å². The molecule has 0 aliphatic carbocycles. The van der Waals surface area contributed by atoms with Crippen molar-refractivity contribution in [1.82, 2.24) is 5.43 Å². The van der Waals surface area contributed by atoms with E-state index in [9.17, 15) is 4.79 Å². The van der Waals surface area contributed by atoms with Crippen molar-refractivity contribution in [2.75, 3.05) is 19.1 Å². The Morgan fingerprint density at radius 3 is 2.65 bits per heavy atom. The summed E-state index contributed by atoms with van der Waals surface area (Å²) in [5, 5.41) is 0. The zero-order valence-corrected chi connectivity index (χ0v) is 14.8. The zero-order chi connectivity index (χ0) is 16.7. The Morgan fingerprint density at radius 2 is 2.00 bits per heavy atom. The van der Waals surface area contributed by atoms with Crippen LogP contribution in [0.2, 0.25) is 0 Å². The minimum absolute atomic E-state index is 0.181. The highest BCUT2D eigenvalue weighted by atomic mass is 127. The fourth-order valence-corrected chi connectivity index (χ4v) is 2.75. The molecule has 0 aliphatic heterocycles. The Morgan fingerprint density at radius 1 is 1.26 bits per heavy atom. The summed E-state index contributed by atoms with van der Waals surface area (Å²) in [6.07, 6.45) is 0. The van der Waals surface area contributed by atoms with Gasteiger partial charge in [-0.15, -0.1) is 0 Å². The molecule has 122 valence electrons. The molecule has 0 saturated heterocycles. The van der Waals surface area contributed by atoms with Crippen molar-refractivity contribution >= 4 is 34.2 Å². The largest absolute Gasteiger partial charge is 0.493 e. The number of anilines is 1. The molecule has 0 aliphatic rings. The minimum Gasteiger partial charge on any atom is -0.493 e. The number of carbonyl (C=O) groups is 1. The van der Waals surface area contributed by atoms with Gasteiger partial charge in [0, 0.05) is 12.2 Å². The fourth-order valence-electron chi connectivity index (χ4n) is 1.93. The molecular weight excluding hydrogens is 409 g/mol. The number of methoxy groups -OCH3 is 1. The second kappa shape index (κ2) is 8.59. The van der Waals surface area contributed by atoms with Crippen LogP contribution in [0.4, 0.5) is 5.69 Å². The van der Waals surface area contributed by atoms with Crippen molar-refractivity contribution in [3.8, 4) is 11.5 Å². The Bertz CT molecular complexity index is 665. The first-order chi connectivity index (χ1) is 11.1. The molecule has 0 aromatic heterocycles. The third kappa shape index (κ3) is 5.29. The van der Waals surface area contributed by atoms with Gasteiger partial charge in [-0.05, 0) is 52.4 Å². The topological polar surface area (TPSA) is 85.6 Å². The van der Waals surface area contributed by atoms with Crippen LogP contribution in [0.15, 0.2) is 42.5 Å². The molecule has 2 rings (SSSR count). The summed E-state index contributed by atoms with van der Waals surface area (Å²) in [6, 6.07) is 13.6. The van der Waals surface area contributed by atoms with Gasteiger partial charge in [-0.2, -0.15) is 0 Å². The first-order valence-corrected chi connectivity index (χ1v) is 7.99. The van der Waals surface area contributed by atoms with Crippen molar-refractivity contribution < 1.29 is 14.3 Å². The maximum Gasteiger partial charge on any atom is 0.255 e. The molecule has 0 unspecified atom stereocenters. The van der Waals surface area contributed by atoms with Gasteiger partial charge in [-0.3, -0.25) is 4.79 Å². The number of carbonyl (C=O) groups excluding carboxylic acids is 1. The van der Waals surface area contributed by atoms with E-state index in [1.807, 2.05) is 42.5 Å². The van der Waals surface area contributed by atoms with Gasteiger partial charge in [0.2, 0.25) is 0 Å². The van der Waals surface area contributed by atoms with Crippen LogP contribution in [0.3, 0.4) is 0 Å². The van der Waals surface area contributed by atoms with Crippen molar-refractivity contribution in [1.29, 1.82) is 0 Å². The standard InChI is InChI=1S/C16H18IN3O3/c1-22-14-8-11(7-13(17)16(14)23-10-15(18)21)9-19-20-12-5-3-2-4-6-12/h2-8,19-20H,9-10H2,1H3,(H2,18,21). The number of halogens is 1. The summed E-state index contributed by atoms with van der Waals surface area (Å²) in [4.78, 5) is 10.9. The van der Waals surface area contributed by atoms with E-state index in [1.165, 1.54) is 0 Å². The number of rotatable bonds is 8. The van der Waals surface area contributed by atoms with Gasteiger partial charge in [0.1, 0.15) is 0 Å². The molecule has 0 fully saturated rings. The lowest BCUT2D eigenvalue weighted by Gasteiger charge is -2.14. The number of amides is 1. The van der Waals surface area contributed by atoms with E-state index in [-0.39, 0.29) is 6.61 Å². The number of nitrogens with one attached hydrogen (secondary N) is 2. The summed E-state index contributed by atoms with van der Waals surface area (Å²) in [6.45, 7) is 0.414. The molecule has 0 spiro atoms. The van der Waals surface area contributed by atoms with Gasteiger partial charge >= 0.3 is 0 Å². The lowest BCUT2D eigenvalue weighted by Crippen LogP contribution is -2.21. The molecule has 0 saturated carbocycles. The summed E-state index contributed by atoms with van der Waals surface area (Å²) < 4.78 is 11.6. The number of nitrogens with two attached hydrogens (primary N) is 1. The number of hydrazine groups is 1. The third-order valence-corrected chi connectivity index (χ3v) is 3.75. The molecule has 0 heterocycles. The van der Waals surface area contributed by atoms with Crippen molar-refractivity contribution in [2.45, 2.75) is 6.54 Å². The van der Waals surface area contributed by atoms with E-state index in [4.69, 9.17) is 15.2 Å². The smallest absolute Gasteiger partial charge is 0.255 e. The Hall–Kier alpha value is -2.00. The number of hydrogen-bond donors (Lipinski definition) is 3. The number of ether oxygens (including phenoxy) is 2. The van der Waals surface area contributed by atoms with Crippen LogP contribution in [0, 0.1) is 3.57 Å². The summed E-state index contributed by atoms with van der Waals surface area (Å²) >= 11 is 2.14. The fraction of sp³-hybridized carbons (Fsp3) is 0.188. The number of primary amides is 1. The van der Waals surface area contributed by atoms with Gasteiger partial charge < -0.3 is 20.6 Å². The predicted octanol–water partition coefficient (Wildman–Crippen LogP) is 2.28. The summed E-state index contributed by atoms with van der Waals surface area (Å²) in [5.74, 6) is 0.557. The Kier molecular flexibility index (Phi) is 6.48. The number of para-hydroxylation sites is 1. The highest BCUT2D eigenvalue weighted by Crippen LogP contribution is 2.33. The van der Waals surface area contributed by atoms with Gasteiger partial charge in [-0.25, -0.2) is 5.43 Å². The second-order valence-corrected chi connectivity index (χ2v) is 5.87. The lowest BCUT2D eigenvalue weighted by atomic mass is 10.2. The van der Waals surface area contributed by atoms with Crippen LogP contribution >= 0.6 is 22.6 Å². The van der Waals surface area contributed by atoms with Crippen molar-refractivity contribution in [3.63, 3.8) is 0 Å². The Balaban J connectivity index is 2.02. The van der Waals surface area contributed by atoms with Crippen molar-refractivity contribution in [2.24, 2.45) is 5.73 Å². The third-order valence-electron chi connectivity index (χ3n) is 2.95.